The highest BCUT2D eigenvalue weighted by Gasteiger charge is 2.02. The normalized spacial score (nSPS) is 26.0. The number of halogens is 2. The van der Waals surface area contributed by atoms with Gasteiger partial charge in [-0.1, -0.05) is 50.1 Å². The van der Waals surface area contributed by atoms with Gasteiger partial charge in [-0.25, -0.2) is 0 Å². The number of hydrogen-bond donors (Lipinski definition) is 0. The van der Waals surface area contributed by atoms with E-state index in [0.29, 0.717) is 4.83 Å². The van der Waals surface area contributed by atoms with E-state index in [0.717, 1.165) is 11.8 Å². The Morgan fingerprint density at radius 2 is 2.44 bits per heavy atom. The summed E-state index contributed by atoms with van der Waals surface area (Å²) in [4.78, 5) is 0.556. The molecule has 2 heteroatoms. The Bertz CT molecular complexity index is 147. The molecule has 0 nitrogen and oxygen atoms in total. The molecule has 0 aromatic carbocycles. The zero-order valence-corrected chi connectivity index (χ0v) is 8.15. The first kappa shape index (κ1) is 7.55. The summed E-state index contributed by atoms with van der Waals surface area (Å²) >= 11 is 6.89. The number of allylic oxidation sites excluding steroid dienone is 4. The molecule has 50 valence electrons. The summed E-state index contributed by atoms with van der Waals surface area (Å²) in [5.41, 5.74) is 1.38. The highest BCUT2D eigenvalue weighted by atomic mass is 79.9. The summed E-state index contributed by atoms with van der Waals surface area (Å²) in [6, 6.07) is 0. The van der Waals surface area contributed by atoms with Crippen molar-refractivity contribution in [2.75, 3.05) is 5.33 Å². The molecular weight excluding hydrogens is 244 g/mol. The molecule has 1 rings (SSSR count). The van der Waals surface area contributed by atoms with Gasteiger partial charge in [-0.05, 0) is 12.0 Å². The minimum atomic E-state index is 0.556. The van der Waals surface area contributed by atoms with Crippen LogP contribution in [0.1, 0.15) is 6.42 Å². The molecule has 1 atom stereocenters. The molecule has 0 saturated heterocycles. The fourth-order valence-electron chi connectivity index (χ4n) is 0.738. The van der Waals surface area contributed by atoms with E-state index in [4.69, 9.17) is 0 Å². The van der Waals surface area contributed by atoms with Gasteiger partial charge in [0.15, 0.2) is 0 Å². The molecule has 0 bridgehead atoms. The highest BCUT2D eigenvalue weighted by Crippen LogP contribution is 2.17. The Morgan fingerprint density at radius 1 is 1.67 bits per heavy atom. The van der Waals surface area contributed by atoms with Crippen LogP contribution >= 0.6 is 31.9 Å². The Morgan fingerprint density at radius 3 is 2.89 bits per heavy atom. The fraction of sp³-hybridized carbons (Fsp3) is 0.429. The Balaban J connectivity index is 2.52. The fourth-order valence-corrected chi connectivity index (χ4v) is 1.49. The lowest BCUT2D eigenvalue weighted by Crippen LogP contribution is -1.96. The summed E-state index contributed by atoms with van der Waals surface area (Å²) in [6.45, 7) is 0. The minimum Gasteiger partial charge on any atom is -0.0876 e. The predicted molar refractivity (Wildman–Crippen MR) is 48.3 cm³/mol. The summed E-state index contributed by atoms with van der Waals surface area (Å²) < 4.78 is 0. The van der Waals surface area contributed by atoms with Crippen molar-refractivity contribution in [3.8, 4) is 0 Å². The molecule has 0 aromatic heterocycles. The van der Waals surface area contributed by atoms with Crippen LogP contribution in [0.2, 0.25) is 0 Å². The quantitative estimate of drug-likeness (QED) is 0.629. The zero-order chi connectivity index (χ0) is 6.69. The van der Waals surface area contributed by atoms with E-state index in [-0.39, 0.29) is 0 Å². The van der Waals surface area contributed by atoms with Crippen LogP contribution in [0, 0.1) is 0 Å². The molecule has 9 heavy (non-hydrogen) atoms. The monoisotopic (exact) mass is 250 g/mol. The van der Waals surface area contributed by atoms with Gasteiger partial charge in [0.1, 0.15) is 0 Å². The Kier molecular flexibility index (Phi) is 2.99. The van der Waals surface area contributed by atoms with E-state index >= 15 is 0 Å². The first-order valence-electron chi connectivity index (χ1n) is 2.90. The minimum absolute atomic E-state index is 0.556. The topological polar surface area (TPSA) is 0 Å². The molecule has 0 amide bonds. The number of alkyl halides is 2. The standard InChI is InChI=1S/C7H8Br2/c8-5-6-1-3-7(9)4-2-6/h1-3,7H,4-5H2. The lowest BCUT2D eigenvalue weighted by atomic mass is 10.1. The van der Waals surface area contributed by atoms with Gasteiger partial charge in [0.25, 0.3) is 0 Å². The van der Waals surface area contributed by atoms with Crippen LogP contribution in [0.3, 0.4) is 0 Å². The van der Waals surface area contributed by atoms with Gasteiger partial charge in [-0.3, -0.25) is 0 Å². The largest absolute Gasteiger partial charge is 0.0876 e. The first-order valence-corrected chi connectivity index (χ1v) is 4.94. The van der Waals surface area contributed by atoms with Crippen molar-refractivity contribution < 1.29 is 0 Å². The maximum atomic E-state index is 3.50. The van der Waals surface area contributed by atoms with Crippen LogP contribution in [-0.2, 0) is 0 Å². The van der Waals surface area contributed by atoms with Crippen molar-refractivity contribution in [3.05, 3.63) is 23.8 Å². The maximum Gasteiger partial charge on any atom is 0.0363 e. The molecular formula is C7H8Br2. The van der Waals surface area contributed by atoms with Crippen LogP contribution in [-0.4, -0.2) is 10.2 Å². The second-order valence-electron chi connectivity index (χ2n) is 2.02. The van der Waals surface area contributed by atoms with Gasteiger partial charge in [0, 0.05) is 10.2 Å². The predicted octanol–water partition coefficient (Wildman–Crippen LogP) is 3.03. The molecule has 0 spiro atoms. The average molecular weight is 252 g/mol. The smallest absolute Gasteiger partial charge is 0.0363 e. The van der Waals surface area contributed by atoms with Crippen molar-refractivity contribution >= 4 is 31.9 Å². The average Bonchev–Trinajstić information content (AvgIpc) is 1.90. The molecule has 0 N–H and O–H groups in total. The second-order valence-corrected chi connectivity index (χ2v) is 3.76. The van der Waals surface area contributed by atoms with Gasteiger partial charge >= 0.3 is 0 Å². The number of hydrogen-bond acceptors (Lipinski definition) is 0. The molecule has 1 unspecified atom stereocenters. The third-order valence-corrected chi connectivity index (χ3v) is 2.61. The third-order valence-electron chi connectivity index (χ3n) is 1.28. The van der Waals surface area contributed by atoms with E-state index in [9.17, 15) is 0 Å². The Labute approximate surface area is 72.3 Å². The van der Waals surface area contributed by atoms with Crippen molar-refractivity contribution in [1.82, 2.24) is 0 Å². The summed E-state index contributed by atoms with van der Waals surface area (Å²) in [5.74, 6) is 0. The van der Waals surface area contributed by atoms with Crippen LogP contribution in [0.5, 0.6) is 0 Å². The second kappa shape index (κ2) is 3.57. The van der Waals surface area contributed by atoms with E-state index < -0.39 is 0 Å². The van der Waals surface area contributed by atoms with Gasteiger partial charge in [-0.15, -0.1) is 0 Å². The Hall–Kier alpha value is 0.440. The van der Waals surface area contributed by atoms with Crippen molar-refractivity contribution in [3.63, 3.8) is 0 Å². The molecule has 0 heterocycles. The van der Waals surface area contributed by atoms with Crippen molar-refractivity contribution in [1.29, 1.82) is 0 Å². The molecule has 0 radical (unpaired) electrons. The van der Waals surface area contributed by atoms with Crippen LogP contribution in [0.4, 0.5) is 0 Å². The lowest BCUT2D eigenvalue weighted by molar-refractivity contribution is 1.05. The summed E-state index contributed by atoms with van der Waals surface area (Å²) in [6.07, 6.45) is 7.69. The van der Waals surface area contributed by atoms with Gasteiger partial charge < -0.3 is 0 Å². The number of rotatable bonds is 1. The van der Waals surface area contributed by atoms with Crippen LogP contribution < -0.4 is 0 Å². The van der Waals surface area contributed by atoms with E-state index in [2.05, 4.69) is 50.1 Å². The van der Waals surface area contributed by atoms with Gasteiger partial charge in [-0.2, -0.15) is 0 Å². The molecule has 0 fully saturated rings. The lowest BCUT2D eigenvalue weighted by Gasteiger charge is -2.07. The first-order chi connectivity index (χ1) is 4.33. The van der Waals surface area contributed by atoms with E-state index in [1.807, 2.05) is 0 Å². The van der Waals surface area contributed by atoms with E-state index in [1.54, 1.807) is 0 Å². The SMILES string of the molecule is BrCC1=CCC(Br)C=C1. The summed E-state index contributed by atoms with van der Waals surface area (Å²) in [5, 5.41) is 0.975. The van der Waals surface area contributed by atoms with Crippen molar-refractivity contribution in [2.45, 2.75) is 11.2 Å². The molecule has 1 aliphatic rings. The maximum absolute atomic E-state index is 3.50. The highest BCUT2D eigenvalue weighted by molar-refractivity contribution is 9.09. The zero-order valence-electron chi connectivity index (χ0n) is 4.98. The van der Waals surface area contributed by atoms with Crippen LogP contribution in [0.25, 0.3) is 0 Å². The molecule has 0 saturated carbocycles. The summed E-state index contributed by atoms with van der Waals surface area (Å²) in [7, 11) is 0. The van der Waals surface area contributed by atoms with Gasteiger partial charge in [0.2, 0.25) is 0 Å². The van der Waals surface area contributed by atoms with Crippen molar-refractivity contribution in [2.24, 2.45) is 0 Å². The third kappa shape index (κ3) is 2.26. The van der Waals surface area contributed by atoms with Crippen LogP contribution in [0.15, 0.2) is 23.8 Å². The molecule has 0 aromatic rings. The molecule has 1 aliphatic carbocycles. The molecule has 0 aliphatic heterocycles. The van der Waals surface area contributed by atoms with Gasteiger partial charge in [0.05, 0.1) is 0 Å². The van der Waals surface area contributed by atoms with E-state index in [1.165, 1.54) is 5.57 Å².